The Morgan fingerprint density at radius 2 is 2.32 bits per heavy atom. The Morgan fingerprint density at radius 3 is 2.89 bits per heavy atom. The number of ether oxygens (including phenoxy) is 1. The molecule has 0 bridgehead atoms. The molecule has 1 heterocycles. The van der Waals surface area contributed by atoms with E-state index >= 15 is 0 Å². The van der Waals surface area contributed by atoms with Crippen LogP contribution in [0.4, 0.5) is 5.69 Å². The van der Waals surface area contributed by atoms with Crippen LogP contribution in [0.3, 0.4) is 0 Å². The second-order valence-electron chi connectivity index (χ2n) is 4.00. The highest BCUT2D eigenvalue weighted by atomic mass is 16.6. The second kappa shape index (κ2) is 5.49. The summed E-state index contributed by atoms with van der Waals surface area (Å²) in [5, 5.41) is 19.9. The molecule has 19 heavy (non-hydrogen) atoms. The largest absolute Gasteiger partial charge is 0.480 e. The minimum atomic E-state index is -0.514. The molecule has 1 N–H and O–H groups in total. The van der Waals surface area contributed by atoms with Crippen molar-refractivity contribution < 1.29 is 14.8 Å². The lowest BCUT2D eigenvalue weighted by atomic mass is 10.2. The van der Waals surface area contributed by atoms with Crippen LogP contribution in [0.5, 0.6) is 5.75 Å². The van der Waals surface area contributed by atoms with E-state index in [0.717, 1.165) is 5.69 Å². The van der Waals surface area contributed by atoms with Crippen molar-refractivity contribution in [2.45, 2.75) is 13.2 Å². The van der Waals surface area contributed by atoms with Gasteiger partial charge in [-0.05, 0) is 17.7 Å². The van der Waals surface area contributed by atoms with Gasteiger partial charge in [0.2, 0.25) is 0 Å². The summed E-state index contributed by atoms with van der Waals surface area (Å²) < 4.78 is 7.22. The number of aliphatic hydroxyl groups is 1. The maximum atomic E-state index is 10.9. The topological polar surface area (TPSA) is 90.4 Å². The predicted molar refractivity (Wildman–Crippen MR) is 66.6 cm³/mol. The van der Waals surface area contributed by atoms with Gasteiger partial charge in [-0.1, -0.05) is 0 Å². The van der Waals surface area contributed by atoms with Gasteiger partial charge >= 0.3 is 5.69 Å². The van der Waals surface area contributed by atoms with E-state index in [1.165, 1.54) is 18.2 Å². The molecule has 0 aliphatic rings. The molecule has 0 unspecified atom stereocenters. The lowest BCUT2D eigenvalue weighted by Crippen LogP contribution is -2.03. The molecular formula is C12H13N3O4. The minimum absolute atomic E-state index is 0.126. The molecule has 1 aromatic carbocycles. The van der Waals surface area contributed by atoms with Crippen LogP contribution in [0.15, 0.2) is 30.7 Å². The van der Waals surface area contributed by atoms with Crippen LogP contribution in [-0.2, 0) is 20.3 Å². The quantitative estimate of drug-likeness (QED) is 0.650. The summed E-state index contributed by atoms with van der Waals surface area (Å²) in [4.78, 5) is 14.3. The molecule has 2 aromatic rings. The van der Waals surface area contributed by atoms with Gasteiger partial charge in [-0.3, -0.25) is 10.1 Å². The molecule has 100 valence electrons. The standard InChI is InChI=1S/C12H13N3O4/c1-14-8-13-5-10(14)7-19-12-4-9(6-16)2-3-11(12)15(17)18/h2-5,8,16H,6-7H2,1H3. The molecule has 0 radical (unpaired) electrons. The van der Waals surface area contributed by atoms with Crippen molar-refractivity contribution in [2.24, 2.45) is 7.05 Å². The first-order chi connectivity index (χ1) is 9.11. The molecular weight excluding hydrogens is 250 g/mol. The average Bonchev–Trinajstić information content (AvgIpc) is 2.81. The Bertz CT molecular complexity index is 594. The van der Waals surface area contributed by atoms with Gasteiger partial charge in [0, 0.05) is 13.1 Å². The Balaban J connectivity index is 2.22. The summed E-state index contributed by atoms with van der Waals surface area (Å²) in [6.07, 6.45) is 3.25. The van der Waals surface area contributed by atoms with Gasteiger partial charge in [0.05, 0.1) is 29.7 Å². The first-order valence-electron chi connectivity index (χ1n) is 5.58. The number of rotatable bonds is 5. The Morgan fingerprint density at radius 1 is 1.53 bits per heavy atom. The first kappa shape index (κ1) is 13.0. The zero-order valence-corrected chi connectivity index (χ0v) is 10.3. The van der Waals surface area contributed by atoms with Crippen molar-refractivity contribution in [2.75, 3.05) is 0 Å². The molecule has 0 spiro atoms. The van der Waals surface area contributed by atoms with Crippen molar-refractivity contribution in [1.82, 2.24) is 9.55 Å². The van der Waals surface area contributed by atoms with Gasteiger partial charge in [0.1, 0.15) is 6.61 Å². The number of nitro benzene ring substituents is 1. The van der Waals surface area contributed by atoms with Crippen molar-refractivity contribution in [1.29, 1.82) is 0 Å². The smallest absolute Gasteiger partial charge is 0.310 e. The summed E-state index contributed by atoms with van der Waals surface area (Å²) in [7, 11) is 1.81. The van der Waals surface area contributed by atoms with Gasteiger partial charge in [-0.15, -0.1) is 0 Å². The molecule has 0 saturated heterocycles. The highest BCUT2D eigenvalue weighted by Crippen LogP contribution is 2.28. The number of aliphatic hydroxyl groups excluding tert-OH is 1. The number of nitrogens with zero attached hydrogens (tertiary/aromatic N) is 3. The lowest BCUT2D eigenvalue weighted by molar-refractivity contribution is -0.386. The number of imidazole rings is 1. The van der Waals surface area contributed by atoms with E-state index in [-0.39, 0.29) is 24.7 Å². The maximum Gasteiger partial charge on any atom is 0.310 e. The number of hydrogen-bond donors (Lipinski definition) is 1. The average molecular weight is 263 g/mol. The van der Waals surface area contributed by atoms with E-state index in [2.05, 4.69) is 4.98 Å². The number of nitro groups is 1. The Labute approximate surface area is 109 Å². The van der Waals surface area contributed by atoms with Crippen LogP contribution < -0.4 is 4.74 Å². The summed E-state index contributed by atoms with van der Waals surface area (Å²) >= 11 is 0. The van der Waals surface area contributed by atoms with E-state index in [1.54, 1.807) is 17.1 Å². The minimum Gasteiger partial charge on any atom is -0.480 e. The molecule has 0 saturated carbocycles. The van der Waals surface area contributed by atoms with E-state index in [4.69, 9.17) is 9.84 Å². The zero-order valence-electron chi connectivity index (χ0n) is 10.3. The molecule has 0 atom stereocenters. The lowest BCUT2D eigenvalue weighted by Gasteiger charge is -2.08. The van der Waals surface area contributed by atoms with Gasteiger partial charge in [-0.2, -0.15) is 0 Å². The highest BCUT2D eigenvalue weighted by Gasteiger charge is 2.16. The fourth-order valence-corrected chi connectivity index (χ4v) is 1.60. The zero-order chi connectivity index (χ0) is 13.8. The van der Waals surface area contributed by atoms with E-state index in [1.807, 2.05) is 7.05 Å². The Kier molecular flexibility index (Phi) is 3.76. The third-order valence-corrected chi connectivity index (χ3v) is 2.70. The fourth-order valence-electron chi connectivity index (χ4n) is 1.60. The molecule has 7 nitrogen and oxygen atoms in total. The molecule has 2 rings (SSSR count). The van der Waals surface area contributed by atoms with Gasteiger partial charge in [0.15, 0.2) is 5.75 Å². The van der Waals surface area contributed by atoms with Crippen molar-refractivity contribution in [3.63, 3.8) is 0 Å². The van der Waals surface area contributed by atoms with E-state index in [0.29, 0.717) is 5.56 Å². The van der Waals surface area contributed by atoms with Crippen LogP contribution in [0.25, 0.3) is 0 Å². The predicted octanol–water partition coefficient (Wildman–Crippen LogP) is 1.40. The molecule has 7 heteroatoms. The number of aryl methyl sites for hydroxylation is 1. The molecule has 0 aliphatic heterocycles. The van der Waals surface area contributed by atoms with Crippen LogP contribution in [-0.4, -0.2) is 19.6 Å². The van der Waals surface area contributed by atoms with E-state index < -0.39 is 4.92 Å². The van der Waals surface area contributed by atoms with Crippen molar-refractivity contribution >= 4 is 5.69 Å². The third kappa shape index (κ3) is 2.89. The molecule has 0 aliphatic carbocycles. The summed E-state index contributed by atoms with van der Waals surface area (Å²) in [5.74, 6) is 0.137. The number of aromatic nitrogens is 2. The van der Waals surface area contributed by atoms with Gasteiger partial charge in [-0.25, -0.2) is 4.98 Å². The Hall–Kier alpha value is -2.41. The molecule has 0 fully saturated rings. The summed E-state index contributed by atoms with van der Waals surface area (Å²) in [6, 6.07) is 4.29. The van der Waals surface area contributed by atoms with Crippen LogP contribution in [0, 0.1) is 10.1 Å². The summed E-state index contributed by atoms with van der Waals surface area (Å²) in [6.45, 7) is -0.0215. The van der Waals surface area contributed by atoms with Crippen molar-refractivity contribution in [3.05, 3.63) is 52.1 Å². The maximum absolute atomic E-state index is 10.9. The molecule has 1 aromatic heterocycles. The van der Waals surface area contributed by atoms with Gasteiger partial charge < -0.3 is 14.4 Å². The van der Waals surface area contributed by atoms with Crippen LogP contribution >= 0.6 is 0 Å². The van der Waals surface area contributed by atoms with Gasteiger partial charge in [0.25, 0.3) is 0 Å². The first-order valence-corrected chi connectivity index (χ1v) is 5.58. The number of benzene rings is 1. The fraction of sp³-hybridized carbons (Fsp3) is 0.250. The number of hydrogen-bond acceptors (Lipinski definition) is 5. The van der Waals surface area contributed by atoms with Crippen LogP contribution in [0.1, 0.15) is 11.3 Å². The van der Waals surface area contributed by atoms with Crippen LogP contribution in [0.2, 0.25) is 0 Å². The van der Waals surface area contributed by atoms with E-state index in [9.17, 15) is 10.1 Å². The summed E-state index contributed by atoms with van der Waals surface area (Å²) in [5.41, 5.74) is 1.23. The monoisotopic (exact) mass is 263 g/mol. The highest BCUT2D eigenvalue weighted by molar-refractivity contribution is 5.48. The normalized spacial score (nSPS) is 10.4. The molecule has 0 amide bonds. The SMILES string of the molecule is Cn1cncc1COc1cc(CO)ccc1[N+](=O)[O-]. The second-order valence-corrected chi connectivity index (χ2v) is 4.00. The third-order valence-electron chi connectivity index (χ3n) is 2.70. The van der Waals surface area contributed by atoms with Crippen molar-refractivity contribution in [3.8, 4) is 5.75 Å².